The first-order valence-corrected chi connectivity index (χ1v) is 8.20. The van der Waals surface area contributed by atoms with Crippen LogP contribution in [0.1, 0.15) is 26.2 Å². The van der Waals surface area contributed by atoms with Crippen molar-refractivity contribution in [1.82, 2.24) is 9.80 Å². The van der Waals surface area contributed by atoms with Gasteiger partial charge in [0.05, 0.1) is 0 Å². The fourth-order valence-electron chi connectivity index (χ4n) is 4.57. The first-order chi connectivity index (χ1) is 9.71. The number of hydrogen-bond acceptors (Lipinski definition) is 2. The zero-order chi connectivity index (χ0) is 13.7. The molecule has 110 valence electrons. The Balaban J connectivity index is 1.41. The second kappa shape index (κ2) is 4.67. The lowest BCUT2D eigenvalue weighted by molar-refractivity contribution is 0.250. The van der Waals surface area contributed by atoms with Crippen molar-refractivity contribution in [1.29, 1.82) is 0 Å². The molecule has 4 aliphatic rings. The molecule has 0 N–H and O–H groups in total. The third-order valence-corrected chi connectivity index (χ3v) is 5.95. The first-order valence-electron chi connectivity index (χ1n) is 8.20. The highest BCUT2D eigenvalue weighted by Crippen LogP contribution is 2.62. The van der Waals surface area contributed by atoms with Gasteiger partial charge in [0.25, 0.3) is 0 Å². The fraction of sp³-hybridized carbons (Fsp3) is 0.765. The van der Waals surface area contributed by atoms with Gasteiger partial charge in [-0.2, -0.15) is 0 Å². The molecule has 2 heterocycles. The summed E-state index contributed by atoms with van der Waals surface area (Å²) in [7, 11) is 0. The van der Waals surface area contributed by atoms with Crippen LogP contribution in [-0.2, 0) is 0 Å². The van der Waals surface area contributed by atoms with Crippen molar-refractivity contribution in [3.05, 3.63) is 23.8 Å². The average Bonchev–Trinajstić information content (AvgIpc) is 2.85. The number of hydrogen-bond donors (Lipinski definition) is 0. The Bertz CT molecular complexity index is 458. The van der Waals surface area contributed by atoms with Crippen LogP contribution < -0.4 is 0 Å². The molecule has 20 heavy (non-hydrogen) atoms. The van der Waals surface area contributed by atoms with Gasteiger partial charge >= 0.3 is 0 Å². The smallest absolute Gasteiger partial charge is 0.114 e. The normalized spacial score (nSPS) is 44.7. The molecule has 2 unspecified atom stereocenters. The number of halogens is 1. The number of rotatable bonds is 3. The molecule has 3 heteroatoms. The highest BCUT2D eigenvalue weighted by molar-refractivity contribution is 5.40. The Labute approximate surface area is 121 Å². The summed E-state index contributed by atoms with van der Waals surface area (Å²) >= 11 is 0. The molecular formula is C17H25FN2. The van der Waals surface area contributed by atoms with Crippen molar-refractivity contribution in [2.75, 3.05) is 32.7 Å². The summed E-state index contributed by atoms with van der Waals surface area (Å²) in [6, 6.07) is 0.441. The van der Waals surface area contributed by atoms with E-state index in [2.05, 4.69) is 35.0 Å². The Morgan fingerprint density at radius 1 is 1.40 bits per heavy atom. The summed E-state index contributed by atoms with van der Waals surface area (Å²) in [6.07, 6.45) is 9.74. The van der Waals surface area contributed by atoms with Gasteiger partial charge in [-0.3, -0.25) is 4.90 Å². The molecule has 0 aromatic heterocycles. The molecule has 2 aliphatic heterocycles. The predicted octanol–water partition coefficient (Wildman–Crippen LogP) is 2.63. The van der Waals surface area contributed by atoms with Crippen LogP contribution >= 0.6 is 0 Å². The Kier molecular flexibility index (Phi) is 3.04. The first kappa shape index (κ1) is 13.0. The third-order valence-electron chi connectivity index (χ3n) is 5.95. The topological polar surface area (TPSA) is 6.48 Å². The molecule has 1 saturated carbocycles. The van der Waals surface area contributed by atoms with Gasteiger partial charge in [0, 0.05) is 37.6 Å². The standard InChI is InChI=1S/C17H25FN2/c1-2-19-10-14-9-17(14,12-19)13-3-5-16(6-4-13)20-8-7-15(18)11-20/h3-5,14-16H,2,6-12H2,1H3/t14-,15?,16?,17+/m0/s1. The van der Waals surface area contributed by atoms with Crippen LogP contribution in [0.25, 0.3) is 0 Å². The van der Waals surface area contributed by atoms with Gasteiger partial charge in [-0.05, 0) is 37.3 Å². The van der Waals surface area contributed by atoms with E-state index in [0.29, 0.717) is 18.0 Å². The van der Waals surface area contributed by atoms with Gasteiger partial charge in [-0.25, -0.2) is 4.39 Å². The molecule has 2 aliphatic carbocycles. The lowest BCUT2D eigenvalue weighted by atomic mass is 9.88. The van der Waals surface area contributed by atoms with Crippen LogP contribution in [0, 0.1) is 11.3 Å². The number of piperidine rings is 1. The van der Waals surface area contributed by atoms with E-state index in [1.54, 1.807) is 5.57 Å². The van der Waals surface area contributed by atoms with E-state index >= 15 is 0 Å². The average molecular weight is 276 g/mol. The monoisotopic (exact) mass is 276 g/mol. The van der Waals surface area contributed by atoms with Crippen LogP contribution in [0.15, 0.2) is 23.8 Å². The quantitative estimate of drug-likeness (QED) is 0.782. The van der Waals surface area contributed by atoms with Crippen LogP contribution in [0.2, 0.25) is 0 Å². The maximum Gasteiger partial charge on any atom is 0.114 e. The van der Waals surface area contributed by atoms with Gasteiger partial charge in [-0.15, -0.1) is 0 Å². The molecule has 0 amide bonds. The van der Waals surface area contributed by atoms with Gasteiger partial charge in [-0.1, -0.05) is 25.2 Å². The van der Waals surface area contributed by atoms with Crippen molar-refractivity contribution in [2.45, 2.75) is 38.4 Å². The minimum absolute atomic E-state index is 0.441. The van der Waals surface area contributed by atoms with E-state index in [0.717, 1.165) is 25.3 Å². The summed E-state index contributed by atoms with van der Waals surface area (Å²) < 4.78 is 13.3. The molecule has 0 bridgehead atoms. The van der Waals surface area contributed by atoms with E-state index in [1.165, 1.54) is 26.1 Å². The molecule has 0 aromatic carbocycles. The Morgan fingerprint density at radius 2 is 2.30 bits per heavy atom. The third kappa shape index (κ3) is 1.98. The Hall–Kier alpha value is -0.670. The second-order valence-electron chi connectivity index (χ2n) is 7.09. The van der Waals surface area contributed by atoms with Gasteiger partial charge in [0.15, 0.2) is 0 Å². The predicted molar refractivity (Wildman–Crippen MR) is 79.4 cm³/mol. The van der Waals surface area contributed by atoms with Crippen LogP contribution in [0.3, 0.4) is 0 Å². The lowest BCUT2D eigenvalue weighted by Crippen LogP contribution is -2.33. The molecule has 4 rings (SSSR count). The van der Waals surface area contributed by atoms with E-state index in [9.17, 15) is 4.39 Å². The molecule has 0 spiro atoms. The van der Waals surface area contributed by atoms with Crippen molar-refractivity contribution in [3.8, 4) is 0 Å². The van der Waals surface area contributed by atoms with Crippen LogP contribution in [-0.4, -0.2) is 54.7 Å². The van der Waals surface area contributed by atoms with E-state index in [-0.39, 0.29) is 0 Å². The maximum atomic E-state index is 13.3. The van der Waals surface area contributed by atoms with Crippen LogP contribution in [0.4, 0.5) is 4.39 Å². The highest BCUT2D eigenvalue weighted by Gasteiger charge is 2.60. The maximum absolute atomic E-state index is 13.3. The van der Waals surface area contributed by atoms with E-state index < -0.39 is 6.17 Å². The lowest BCUT2D eigenvalue weighted by Gasteiger charge is -2.28. The minimum atomic E-state index is -0.604. The van der Waals surface area contributed by atoms with Crippen molar-refractivity contribution >= 4 is 0 Å². The number of alkyl halides is 1. The fourth-order valence-corrected chi connectivity index (χ4v) is 4.57. The zero-order valence-corrected chi connectivity index (χ0v) is 12.4. The summed E-state index contributed by atoms with van der Waals surface area (Å²) in [5.74, 6) is 0.900. The summed E-state index contributed by atoms with van der Waals surface area (Å²) in [5, 5.41) is 0. The molecule has 2 nitrogen and oxygen atoms in total. The summed E-state index contributed by atoms with van der Waals surface area (Å²) in [4.78, 5) is 4.90. The highest BCUT2D eigenvalue weighted by atomic mass is 19.1. The largest absolute Gasteiger partial charge is 0.302 e. The zero-order valence-electron chi connectivity index (χ0n) is 12.4. The molecular weight excluding hydrogens is 251 g/mol. The molecule has 0 aromatic rings. The SMILES string of the molecule is CCN1C[C@@H]2C[C@]2(C2=CCC(N3CCC(F)C3)C=C2)C1. The summed E-state index contributed by atoms with van der Waals surface area (Å²) in [5.41, 5.74) is 2.07. The minimum Gasteiger partial charge on any atom is -0.302 e. The van der Waals surface area contributed by atoms with Gasteiger partial charge in [0.2, 0.25) is 0 Å². The van der Waals surface area contributed by atoms with Crippen molar-refractivity contribution in [2.24, 2.45) is 11.3 Å². The molecule has 4 atom stereocenters. The number of nitrogens with zero attached hydrogens (tertiary/aromatic N) is 2. The van der Waals surface area contributed by atoms with Crippen LogP contribution in [0.5, 0.6) is 0 Å². The van der Waals surface area contributed by atoms with E-state index in [4.69, 9.17) is 0 Å². The number of likely N-dealkylation sites (tertiary alicyclic amines) is 2. The van der Waals surface area contributed by atoms with Gasteiger partial charge in [0.1, 0.15) is 6.17 Å². The number of fused-ring (bicyclic) bond motifs is 1. The molecule has 0 radical (unpaired) electrons. The molecule has 3 fully saturated rings. The summed E-state index contributed by atoms with van der Waals surface area (Å²) in [6.45, 7) is 7.56. The van der Waals surface area contributed by atoms with Gasteiger partial charge < -0.3 is 4.90 Å². The van der Waals surface area contributed by atoms with Crippen molar-refractivity contribution in [3.63, 3.8) is 0 Å². The Morgan fingerprint density at radius 3 is 2.90 bits per heavy atom. The second-order valence-corrected chi connectivity index (χ2v) is 7.09. The number of allylic oxidation sites excluding steroid dienone is 1. The van der Waals surface area contributed by atoms with Crippen molar-refractivity contribution < 1.29 is 4.39 Å². The van der Waals surface area contributed by atoms with E-state index in [1.807, 2.05) is 0 Å². The molecule has 2 saturated heterocycles.